The summed E-state index contributed by atoms with van der Waals surface area (Å²) in [6.07, 6.45) is 0. The topological polar surface area (TPSA) is 3.24 Å². The van der Waals surface area contributed by atoms with Gasteiger partial charge in [-0.2, -0.15) is 0 Å². The molecule has 9 rings (SSSR count). The second-order valence-corrected chi connectivity index (χ2v) is 13.8. The zero-order valence-electron chi connectivity index (χ0n) is 30.5. The van der Waals surface area contributed by atoms with Crippen molar-refractivity contribution in [2.24, 2.45) is 0 Å². The van der Waals surface area contributed by atoms with Crippen LogP contribution < -0.4 is 4.90 Å². The van der Waals surface area contributed by atoms with Crippen LogP contribution >= 0.6 is 0 Å². The van der Waals surface area contributed by atoms with Crippen LogP contribution in [0.2, 0.25) is 0 Å². The molecule has 9 aromatic carbocycles. The van der Waals surface area contributed by atoms with Crippen molar-refractivity contribution in [1.29, 1.82) is 0 Å². The van der Waals surface area contributed by atoms with Crippen LogP contribution in [-0.2, 0) is 0 Å². The predicted octanol–water partition coefficient (Wildman–Crippen LogP) is 15.2. The second kappa shape index (κ2) is 15.4. The van der Waals surface area contributed by atoms with Gasteiger partial charge in [-0.3, -0.25) is 0 Å². The van der Waals surface area contributed by atoms with Crippen molar-refractivity contribution in [2.45, 2.75) is 0 Å². The van der Waals surface area contributed by atoms with Gasteiger partial charge in [0.1, 0.15) is 0 Å². The van der Waals surface area contributed by atoms with Crippen molar-refractivity contribution in [1.82, 2.24) is 0 Å². The molecule has 0 N–H and O–H groups in total. The molecule has 0 atom stereocenters. The highest BCUT2D eigenvalue weighted by atomic mass is 15.1. The van der Waals surface area contributed by atoms with E-state index in [0.29, 0.717) is 0 Å². The standard InChI is InChI=1S/C54H39N/c1-6-16-40(17-7-1)42-26-32-49(33-27-42)55(50-34-28-43(29-35-50)41-18-8-2-9-19-41)54-37-31-48(39-53(54)46-24-14-5-15-25-46)47-30-36-51(44-20-10-3-11-21-44)52(38-47)45-22-12-4-13-23-45/h1-39H. The Kier molecular flexibility index (Phi) is 9.41. The quantitative estimate of drug-likeness (QED) is 0.145. The number of anilines is 3. The lowest BCUT2D eigenvalue weighted by atomic mass is 9.90. The van der Waals surface area contributed by atoms with Crippen molar-refractivity contribution < 1.29 is 0 Å². The summed E-state index contributed by atoms with van der Waals surface area (Å²) in [5, 5.41) is 0. The Morgan fingerprint density at radius 3 is 0.945 bits per heavy atom. The van der Waals surface area contributed by atoms with E-state index in [1.54, 1.807) is 0 Å². The van der Waals surface area contributed by atoms with Gasteiger partial charge in [0.25, 0.3) is 0 Å². The summed E-state index contributed by atoms with van der Waals surface area (Å²) in [5.74, 6) is 0. The van der Waals surface area contributed by atoms with E-state index >= 15 is 0 Å². The number of hydrogen-bond acceptors (Lipinski definition) is 1. The molecule has 55 heavy (non-hydrogen) atoms. The monoisotopic (exact) mass is 701 g/mol. The van der Waals surface area contributed by atoms with Crippen LogP contribution in [0.4, 0.5) is 17.1 Å². The molecule has 0 fully saturated rings. The van der Waals surface area contributed by atoms with E-state index in [1.807, 2.05) is 0 Å². The van der Waals surface area contributed by atoms with Crippen molar-refractivity contribution in [3.8, 4) is 66.8 Å². The lowest BCUT2D eigenvalue weighted by Crippen LogP contribution is -2.11. The first-order chi connectivity index (χ1) is 27.3. The average molecular weight is 702 g/mol. The number of benzene rings is 9. The lowest BCUT2D eigenvalue weighted by Gasteiger charge is -2.29. The van der Waals surface area contributed by atoms with Gasteiger partial charge in [0, 0.05) is 16.9 Å². The van der Waals surface area contributed by atoms with Crippen LogP contribution in [0.1, 0.15) is 0 Å². The van der Waals surface area contributed by atoms with Crippen LogP contribution in [0.25, 0.3) is 66.8 Å². The van der Waals surface area contributed by atoms with Crippen LogP contribution in [-0.4, -0.2) is 0 Å². The summed E-state index contributed by atoms with van der Waals surface area (Å²) in [6.45, 7) is 0. The van der Waals surface area contributed by atoms with Crippen LogP contribution in [0.3, 0.4) is 0 Å². The summed E-state index contributed by atoms with van der Waals surface area (Å²) in [4.78, 5) is 2.39. The first-order valence-corrected chi connectivity index (χ1v) is 18.8. The van der Waals surface area contributed by atoms with E-state index in [9.17, 15) is 0 Å². The Labute approximate surface area is 324 Å². The highest BCUT2D eigenvalue weighted by Gasteiger charge is 2.19. The molecular weight excluding hydrogens is 663 g/mol. The van der Waals surface area contributed by atoms with Gasteiger partial charge >= 0.3 is 0 Å². The summed E-state index contributed by atoms with van der Waals surface area (Å²) in [7, 11) is 0. The zero-order chi connectivity index (χ0) is 36.8. The maximum atomic E-state index is 2.39. The van der Waals surface area contributed by atoms with Crippen molar-refractivity contribution in [2.75, 3.05) is 4.90 Å². The normalized spacial score (nSPS) is 10.9. The highest BCUT2D eigenvalue weighted by molar-refractivity contribution is 5.93. The van der Waals surface area contributed by atoms with Crippen molar-refractivity contribution in [3.05, 3.63) is 237 Å². The predicted molar refractivity (Wildman–Crippen MR) is 234 cm³/mol. The van der Waals surface area contributed by atoms with Crippen LogP contribution in [0.5, 0.6) is 0 Å². The van der Waals surface area contributed by atoms with Crippen molar-refractivity contribution >= 4 is 17.1 Å². The summed E-state index contributed by atoms with van der Waals surface area (Å²) < 4.78 is 0. The Morgan fingerprint density at radius 2 is 0.509 bits per heavy atom. The zero-order valence-corrected chi connectivity index (χ0v) is 30.5. The smallest absolute Gasteiger partial charge is 0.0540 e. The molecule has 0 saturated carbocycles. The first kappa shape index (κ1) is 33.6. The average Bonchev–Trinajstić information content (AvgIpc) is 3.28. The van der Waals surface area contributed by atoms with Gasteiger partial charge in [0.15, 0.2) is 0 Å². The van der Waals surface area contributed by atoms with E-state index in [1.165, 1.54) is 50.1 Å². The third-order valence-corrected chi connectivity index (χ3v) is 10.3. The summed E-state index contributed by atoms with van der Waals surface area (Å²) in [6, 6.07) is 85.0. The van der Waals surface area contributed by atoms with Gasteiger partial charge in [0.2, 0.25) is 0 Å². The molecule has 260 valence electrons. The van der Waals surface area contributed by atoms with E-state index in [0.717, 1.165) is 33.8 Å². The molecule has 0 saturated heterocycles. The SMILES string of the molecule is c1ccc(-c2ccc(N(c3ccc(-c4ccccc4)cc3)c3ccc(-c4ccc(-c5ccccc5)c(-c5ccccc5)c4)cc3-c3ccccc3)cc2)cc1. The molecule has 0 unspecified atom stereocenters. The molecule has 1 nitrogen and oxygen atoms in total. The molecule has 0 radical (unpaired) electrons. The molecule has 0 bridgehead atoms. The maximum absolute atomic E-state index is 2.39. The Bertz CT molecular complexity index is 2550. The summed E-state index contributed by atoms with van der Waals surface area (Å²) in [5.41, 5.74) is 17.6. The Balaban J connectivity index is 1.20. The largest absolute Gasteiger partial charge is 0.310 e. The van der Waals surface area contributed by atoms with Gasteiger partial charge in [-0.25, -0.2) is 0 Å². The number of rotatable bonds is 9. The van der Waals surface area contributed by atoms with E-state index in [4.69, 9.17) is 0 Å². The fraction of sp³-hybridized carbons (Fsp3) is 0. The van der Waals surface area contributed by atoms with E-state index in [2.05, 4.69) is 241 Å². The Morgan fingerprint density at radius 1 is 0.200 bits per heavy atom. The molecule has 9 aromatic rings. The maximum Gasteiger partial charge on any atom is 0.0540 e. The molecule has 0 spiro atoms. The molecule has 0 aliphatic carbocycles. The molecule has 0 aliphatic heterocycles. The first-order valence-electron chi connectivity index (χ1n) is 18.8. The highest BCUT2D eigenvalue weighted by Crippen LogP contribution is 2.44. The van der Waals surface area contributed by atoms with E-state index in [-0.39, 0.29) is 0 Å². The summed E-state index contributed by atoms with van der Waals surface area (Å²) >= 11 is 0. The third kappa shape index (κ3) is 7.12. The molecule has 0 amide bonds. The minimum atomic E-state index is 1.09. The van der Waals surface area contributed by atoms with Gasteiger partial charge < -0.3 is 4.90 Å². The van der Waals surface area contributed by atoms with Crippen molar-refractivity contribution in [3.63, 3.8) is 0 Å². The van der Waals surface area contributed by atoms with Crippen LogP contribution in [0.15, 0.2) is 237 Å². The fourth-order valence-corrected chi connectivity index (χ4v) is 7.50. The number of nitrogens with zero attached hydrogens (tertiary/aromatic N) is 1. The van der Waals surface area contributed by atoms with Gasteiger partial charge in [0.05, 0.1) is 5.69 Å². The molecule has 0 heterocycles. The third-order valence-electron chi connectivity index (χ3n) is 10.3. The second-order valence-electron chi connectivity index (χ2n) is 13.8. The fourth-order valence-electron chi connectivity index (χ4n) is 7.50. The molecule has 1 heteroatoms. The van der Waals surface area contributed by atoms with Crippen LogP contribution in [0, 0.1) is 0 Å². The lowest BCUT2D eigenvalue weighted by molar-refractivity contribution is 1.28. The minimum absolute atomic E-state index is 1.09. The minimum Gasteiger partial charge on any atom is -0.310 e. The Hall–Kier alpha value is -7.22. The van der Waals surface area contributed by atoms with Gasteiger partial charge in [-0.05, 0) is 104 Å². The number of hydrogen-bond donors (Lipinski definition) is 0. The van der Waals surface area contributed by atoms with E-state index < -0.39 is 0 Å². The van der Waals surface area contributed by atoms with Gasteiger partial charge in [-0.15, -0.1) is 0 Å². The van der Waals surface area contributed by atoms with Gasteiger partial charge in [-0.1, -0.05) is 194 Å². The molecular formula is C54H39N. The molecule has 0 aromatic heterocycles. The molecule has 0 aliphatic rings.